The van der Waals surface area contributed by atoms with Crippen molar-refractivity contribution in [2.75, 3.05) is 32.1 Å². The van der Waals surface area contributed by atoms with Crippen molar-refractivity contribution in [2.45, 2.75) is 13.8 Å². The van der Waals surface area contributed by atoms with Gasteiger partial charge in [0.05, 0.1) is 19.3 Å². The number of carbonyl (C=O) groups is 1. The maximum absolute atomic E-state index is 12.1. The molecule has 0 saturated heterocycles. The number of ether oxygens (including phenoxy) is 1. The van der Waals surface area contributed by atoms with E-state index in [4.69, 9.17) is 4.74 Å². The summed E-state index contributed by atoms with van der Waals surface area (Å²) in [6.07, 6.45) is 0. The Morgan fingerprint density at radius 3 is 2.68 bits per heavy atom. The van der Waals surface area contributed by atoms with E-state index < -0.39 is 0 Å². The van der Waals surface area contributed by atoms with Crippen molar-refractivity contribution < 1.29 is 9.53 Å². The first-order valence-corrected chi connectivity index (χ1v) is 6.37. The van der Waals surface area contributed by atoms with Gasteiger partial charge in [0.1, 0.15) is 5.75 Å². The highest BCUT2D eigenvalue weighted by Crippen LogP contribution is 2.22. The summed E-state index contributed by atoms with van der Waals surface area (Å²) in [5, 5.41) is 3.11. The van der Waals surface area contributed by atoms with Crippen LogP contribution >= 0.6 is 0 Å². The van der Waals surface area contributed by atoms with E-state index in [1.54, 1.807) is 12.0 Å². The van der Waals surface area contributed by atoms with Gasteiger partial charge < -0.3 is 15.0 Å². The zero-order chi connectivity index (χ0) is 14.3. The maximum Gasteiger partial charge on any atom is 0.242 e. The SMILES string of the molecule is C=C(C)CN(CC)C(=O)CNc1ccccc1OC. The number of likely N-dealkylation sites (N-methyl/N-ethyl adjacent to an activating group) is 1. The van der Waals surface area contributed by atoms with Crippen molar-refractivity contribution in [1.82, 2.24) is 4.90 Å². The van der Waals surface area contributed by atoms with E-state index in [0.717, 1.165) is 17.0 Å². The number of hydrogen-bond acceptors (Lipinski definition) is 3. The lowest BCUT2D eigenvalue weighted by Gasteiger charge is -2.21. The molecule has 1 N–H and O–H groups in total. The number of nitrogens with zero attached hydrogens (tertiary/aromatic N) is 1. The second kappa shape index (κ2) is 7.46. The third-order valence-electron chi connectivity index (χ3n) is 2.73. The van der Waals surface area contributed by atoms with E-state index in [2.05, 4.69) is 11.9 Å². The molecule has 0 unspecified atom stereocenters. The van der Waals surface area contributed by atoms with Crippen molar-refractivity contribution in [2.24, 2.45) is 0 Å². The fourth-order valence-electron chi connectivity index (χ4n) is 1.78. The van der Waals surface area contributed by atoms with Crippen LogP contribution in [0.25, 0.3) is 0 Å². The van der Waals surface area contributed by atoms with E-state index in [1.165, 1.54) is 0 Å². The van der Waals surface area contributed by atoms with Crippen LogP contribution in [0.1, 0.15) is 13.8 Å². The molecule has 0 heterocycles. The summed E-state index contributed by atoms with van der Waals surface area (Å²) < 4.78 is 5.23. The number of para-hydroxylation sites is 2. The van der Waals surface area contributed by atoms with E-state index in [9.17, 15) is 4.79 Å². The van der Waals surface area contributed by atoms with E-state index in [0.29, 0.717) is 13.1 Å². The fraction of sp³-hybridized carbons (Fsp3) is 0.400. The average molecular weight is 262 g/mol. The molecule has 0 aliphatic rings. The van der Waals surface area contributed by atoms with Gasteiger partial charge in [0, 0.05) is 13.1 Å². The summed E-state index contributed by atoms with van der Waals surface area (Å²) in [6, 6.07) is 7.55. The minimum atomic E-state index is 0.0522. The largest absolute Gasteiger partial charge is 0.495 e. The standard InChI is InChI=1S/C15H22N2O2/c1-5-17(11-12(2)3)15(18)10-16-13-8-6-7-9-14(13)19-4/h6-9,16H,2,5,10-11H2,1,3-4H3. The smallest absolute Gasteiger partial charge is 0.242 e. The summed E-state index contributed by atoms with van der Waals surface area (Å²) in [5.74, 6) is 0.787. The molecule has 1 aromatic rings. The van der Waals surface area contributed by atoms with Crippen LogP contribution in [0.5, 0.6) is 5.75 Å². The van der Waals surface area contributed by atoms with Gasteiger partial charge in [-0.2, -0.15) is 0 Å². The molecule has 0 aromatic heterocycles. The lowest BCUT2D eigenvalue weighted by Crippen LogP contribution is -2.36. The molecule has 1 amide bonds. The first-order chi connectivity index (χ1) is 9.08. The summed E-state index contributed by atoms with van der Waals surface area (Å²) in [6.45, 7) is 9.25. The Morgan fingerprint density at radius 2 is 2.11 bits per heavy atom. The van der Waals surface area contributed by atoms with Gasteiger partial charge in [-0.3, -0.25) is 4.79 Å². The molecule has 1 rings (SSSR count). The Hall–Kier alpha value is -1.97. The van der Waals surface area contributed by atoms with Gasteiger partial charge in [-0.25, -0.2) is 0 Å². The lowest BCUT2D eigenvalue weighted by molar-refractivity contribution is -0.128. The third kappa shape index (κ3) is 4.66. The molecule has 0 bridgehead atoms. The van der Waals surface area contributed by atoms with Gasteiger partial charge in [0.15, 0.2) is 0 Å². The molecule has 19 heavy (non-hydrogen) atoms. The number of anilines is 1. The lowest BCUT2D eigenvalue weighted by atomic mass is 10.3. The Bertz CT molecular complexity index is 444. The molecular weight excluding hydrogens is 240 g/mol. The first kappa shape index (κ1) is 15.1. The van der Waals surface area contributed by atoms with Crippen molar-refractivity contribution in [1.29, 1.82) is 0 Å². The number of nitrogens with one attached hydrogen (secondary N) is 1. The number of carbonyl (C=O) groups excluding carboxylic acids is 1. The van der Waals surface area contributed by atoms with Crippen molar-refractivity contribution in [3.8, 4) is 5.75 Å². The number of methoxy groups -OCH3 is 1. The topological polar surface area (TPSA) is 41.6 Å². The van der Waals surface area contributed by atoms with Crippen LogP contribution in [0.15, 0.2) is 36.4 Å². The third-order valence-corrected chi connectivity index (χ3v) is 2.73. The van der Waals surface area contributed by atoms with Crippen LogP contribution in [0.2, 0.25) is 0 Å². The van der Waals surface area contributed by atoms with Crippen LogP contribution < -0.4 is 10.1 Å². The van der Waals surface area contributed by atoms with Crippen molar-refractivity contribution in [3.63, 3.8) is 0 Å². The van der Waals surface area contributed by atoms with Crippen LogP contribution in [0.4, 0.5) is 5.69 Å². The van der Waals surface area contributed by atoms with Crippen LogP contribution in [-0.2, 0) is 4.79 Å². The van der Waals surface area contributed by atoms with Gasteiger partial charge in [0.2, 0.25) is 5.91 Å². The second-order valence-electron chi connectivity index (χ2n) is 4.42. The Balaban J connectivity index is 2.60. The average Bonchev–Trinajstić information content (AvgIpc) is 2.42. The molecule has 0 atom stereocenters. The fourth-order valence-corrected chi connectivity index (χ4v) is 1.78. The molecule has 0 saturated carbocycles. The summed E-state index contributed by atoms with van der Waals surface area (Å²) >= 11 is 0. The summed E-state index contributed by atoms with van der Waals surface area (Å²) in [5.41, 5.74) is 1.80. The quantitative estimate of drug-likeness (QED) is 0.768. The maximum atomic E-state index is 12.1. The highest BCUT2D eigenvalue weighted by molar-refractivity contribution is 5.81. The zero-order valence-corrected chi connectivity index (χ0v) is 11.9. The monoisotopic (exact) mass is 262 g/mol. The van der Waals surface area contributed by atoms with Crippen molar-refractivity contribution in [3.05, 3.63) is 36.4 Å². The minimum absolute atomic E-state index is 0.0522. The highest BCUT2D eigenvalue weighted by atomic mass is 16.5. The molecule has 104 valence electrons. The first-order valence-electron chi connectivity index (χ1n) is 6.37. The summed E-state index contributed by atoms with van der Waals surface area (Å²) in [4.78, 5) is 13.8. The van der Waals surface area contributed by atoms with Gasteiger partial charge in [-0.15, -0.1) is 0 Å². The Labute approximate surface area is 115 Å². The molecule has 0 radical (unpaired) electrons. The van der Waals surface area contributed by atoms with E-state index in [-0.39, 0.29) is 12.5 Å². The van der Waals surface area contributed by atoms with Crippen LogP contribution in [0.3, 0.4) is 0 Å². The normalized spacial score (nSPS) is 9.84. The number of benzene rings is 1. The molecule has 0 aliphatic heterocycles. The van der Waals surface area contributed by atoms with Crippen LogP contribution in [-0.4, -0.2) is 37.6 Å². The molecule has 4 heteroatoms. The van der Waals surface area contributed by atoms with Gasteiger partial charge in [-0.1, -0.05) is 24.3 Å². The molecule has 1 aromatic carbocycles. The second-order valence-corrected chi connectivity index (χ2v) is 4.42. The Morgan fingerprint density at radius 1 is 1.42 bits per heavy atom. The molecular formula is C15H22N2O2. The molecule has 0 fully saturated rings. The zero-order valence-electron chi connectivity index (χ0n) is 11.9. The molecule has 4 nitrogen and oxygen atoms in total. The predicted molar refractivity (Wildman–Crippen MR) is 78.6 cm³/mol. The van der Waals surface area contributed by atoms with E-state index in [1.807, 2.05) is 38.1 Å². The Kier molecular flexibility index (Phi) is 5.93. The van der Waals surface area contributed by atoms with Gasteiger partial charge in [0.25, 0.3) is 0 Å². The minimum Gasteiger partial charge on any atom is -0.495 e. The van der Waals surface area contributed by atoms with Crippen LogP contribution in [0, 0.1) is 0 Å². The number of rotatable bonds is 7. The number of amides is 1. The van der Waals surface area contributed by atoms with E-state index >= 15 is 0 Å². The highest BCUT2D eigenvalue weighted by Gasteiger charge is 2.12. The summed E-state index contributed by atoms with van der Waals surface area (Å²) in [7, 11) is 1.61. The molecule has 0 aliphatic carbocycles. The molecule has 0 spiro atoms. The van der Waals surface area contributed by atoms with Crippen molar-refractivity contribution >= 4 is 11.6 Å². The van der Waals surface area contributed by atoms with Gasteiger partial charge in [-0.05, 0) is 26.0 Å². The number of hydrogen-bond donors (Lipinski definition) is 1. The predicted octanol–water partition coefficient (Wildman–Crippen LogP) is 2.53. The van der Waals surface area contributed by atoms with Gasteiger partial charge >= 0.3 is 0 Å².